The first-order valence-electron chi connectivity index (χ1n) is 8.61. The van der Waals surface area contributed by atoms with Crippen molar-refractivity contribution in [3.05, 3.63) is 60.4 Å². The number of nitrogens with zero attached hydrogens (tertiary/aromatic N) is 3. The van der Waals surface area contributed by atoms with Crippen LogP contribution >= 0.6 is 0 Å². The maximum atomic E-state index is 10.7. The van der Waals surface area contributed by atoms with Crippen molar-refractivity contribution >= 4 is 34.5 Å². The van der Waals surface area contributed by atoms with E-state index in [9.17, 15) is 4.79 Å². The van der Waals surface area contributed by atoms with Crippen molar-refractivity contribution in [2.45, 2.75) is 12.8 Å². The molecule has 1 N–H and O–H groups in total. The highest BCUT2D eigenvalue weighted by Gasteiger charge is 2.12. The minimum atomic E-state index is -0.820. The zero-order valence-corrected chi connectivity index (χ0v) is 15.3. The first kappa shape index (κ1) is 18.4. The number of anilines is 2. The number of carboxylic acid groups (broad SMARTS) is 1. The predicted molar refractivity (Wildman–Crippen MR) is 106 cm³/mol. The van der Waals surface area contributed by atoms with Crippen LogP contribution in [0, 0.1) is 0 Å². The number of carbonyl (C=O) groups is 1. The van der Waals surface area contributed by atoms with Gasteiger partial charge in [0.05, 0.1) is 12.6 Å². The van der Waals surface area contributed by atoms with E-state index in [4.69, 9.17) is 9.84 Å². The van der Waals surface area contributed by atoms with Gasteiger partial charge in [-0.15, -0.1) is 0 Å². The van der Waals surface area contributed by atoms with Gasteiger partial charge in [-0.2, -0.15) is 0 Å². The molecule has 6 nitrogen and oxygen atoms in total. The van der Waals surface area contributed by atoms with Crippen molar-refractivity contribution in [1.82, 2.24) is 9.97 Å². The molecule has 138 valence electrons. The van der Waals surface area contributed by atoms with Crippen molar-refractivity contribution in [1.29, 1.82) is 0 Å². The standard InChI is InChI=1S/C21H21N3O3/c1-24(15-11-13-16(27-2)14-12-15)21-17-7-3-4-8-18(17)22-19(23-21)9-5-6-10-20(25)26/h3-5,7-9,11-14H,6,10H2,1-2H3,(H,25,26). The summed E-state index contributed by atoms with van der Waals surface area (Å²) in [6.45, 7) is 0. The Labute approximate surface area is 157 Å². The minimum absolute atomic E-state index is 0.0860. The monoisotopic (exact) mass is 363 g/mol. The molecule has 1 aromatic heterocycles. The third-order valence-corrected chi connectivity index (χ3v) is 4.17. The summed E-state index contributed by atoms with van der Waals surface area (Å²) in [6, 6.07) is 15.6. The van der Waals surface area contributed by atoms with Gasteiger partial charge in [0.2, 0.25) is 0 Å². The molecule has 3 rings (SSSR count). The highest BCUT2D eigenvalue weighted by Crippen LogP contribution is 2.30. The van der Waals surface area contributed by atoms with Crippen LogP contribution in [0.4, 0.5) is 11.5 Å². The highest BCUT2D eigenvalue weighted by molar-refractivity contribution is 5.92. The number of carboxylic acids is 1. The Balaban J connectivity index is 1.97. The van der Waals surface area contributed by atoms with Crippen LogP contribution in [0.15, 0.2) is 54.6 Å². The molecular weight excluding hydrogens is 342 g/mol. The first-order valence-corrected chi connectivity index (χ1v) is 8.61. The smallest absolute Gasteiger partial charge is 0.303 e. The number of ether oxygens (including phenoxy) is 1. The van der Waals surface area contributed by atoms with Gasteiger partial charge in [-0.3, -0.25) is 4.79 Å². The molecule has 0 aliphatic rings. The maximum Gasteiger partial charge on any atom is 0.303 e. The molecule has 2 aromatic carbocycles. The van der Waals surface area contributed by atoms with Crippen LogP contribution in [0.5, 0.6) is 5.75 Å². The molecule has 0 fully saturated rings. The Kier molecular flexibility index (Phi) is 5.66. The number of aliphatic carboxylic acids is 1. The summed E-state index contributed by atoms with van der Waals surface area (Å²) in [5, 5.41) is 9.69. The number of fused-ring (bicyclic) bond motifs is 1. The topological polar surface area (TPSA) is 75.5 Å². The Hall–Kier alpha value is -3.41. The quantitative estimate of drug-likeness (QED) is 0.675. The van der Waals surface area contributed by atoms with E-state index in [0.29, 0.717) is 12.2 Å². The number of allylic oxidation sites excluding steroid dienone is 1. The summed E-state index contributed by atoms with van der Waals surface area (Å²) in [6.07, 6.45) is 4.08. The summed E-state index contributed by atoms with van der Waals surface area (Å²) < 4.78 is 5.22. The average Bonchev–Trinajstić information content (AvgIpc) is 2.70. The fourth-order valence-electron chi connectivity index (χ4n) is 2.73. The van der Waals surface area contributed by atoms with Crippen LogP contribution in [-0.4, -0.2) is 35.2 Å². The van der Waals surface area contributed by atoms with E-state index in [0.717, 1.165) is 28.2 Å². The summed E-state index contributed by atoms with van der Waals surface area (Å²) >= 11 is 0. The minimum Gasteiger partial charge on any atom is -0.497 e. The number of rotatable bonds is 7. The molecule has 0 spiro atoms. The second kappa shape index (κ2) is 8.31. The van der Waals surface area contributed by atoms with Crippen molar-refractivity contribution in [2.24, 2.45) is 0 Å². The maximum absolute atomic E-state index is 10.7. The summed E-state index contributed by atoms with van der Waals surface area (Å²) in [5.41, 5.74) is 1.81. The van der Waals surface area contributed by atoms with Crippen LogP contribution < -0.4 is 9.64 Å². The molecule has 6 heteroatoms. The Morgan fingerprint density at radius 2 is 1.89 bits per heavy atom. The molecule has 1 heterocycles. The third kappa shape index (κ3) is 4.41. The van der Waals surface area contributed by atoms with Gasteiger partial charge in [0, 0.05) is 24.5 Å². The Morgan fingerprint density at radius 3 is 2.59 bits per heavy atom. The number of benzene rings is 2. The summed E-state index contributed by atoms with van der Waals surface area (Å²) in [4.78, 5) is 21.9. The molecule has 0 atom stereocenters. The molecule has 0 amide bonds. The van der Waals surface area contributed by atoms with Crippen molar-refractivity contribution in [3.63, 3.8) is 0 Å². The van der Waals surface area contributed by atoms with Crippen molar-refractivity contribution in [2.75, 3.05) is 19.1 Å². The molecule has 0 bridgehead atoms. The van der Waals surface area contributed by atoms with Crippen LogP contribution in [0.3, 0.4) is 0 Å². The normalized spacial score (nSPS) is 11.0. The number of para-hydroxylation sites is 1. The van der Waals surface area contributed by atoms with Gasteiger partial charge < -0.3 is 14.7 Å². The van der Waals surface area contributed by atoms with E-state index < -0.39 is 5.97 Å². The molecule has 0 unspecified atom stereocenters. The fraction of sp³-hybridized carbons (Fsp3) is 0.190. The predicted octanol–water partition coefficient (Wildman–Crippen LogP) is 4.28. The van der Waals surface area contributed by atoms with Crippen LogP contribution in [0.2, 0.25) is 0 Å². The van der Waals surface area contributed by atoms with Gasteiger partial charge >= 0.3 is 5.97 Å². The lowest BCUT2D eigenvalue weighted by atomic mass is 10.2. The van der Waals surface area contributed by atoms with Gasteiger partial charge in [-0.05, 0) is 48.9 Å². The van der Waals surface area contributed by atoms with Gasteiger partial charge in [-0.25, -0.2) is 9.97 Å². The average molecular weight is 363 g/mol. The fourth-order valence-corrected chi connectivity index (χ4v) is 2.73. The molecule has 27 heavy (non-hydrogen) atoms. The molecule has 0 saturated carbocycles. The second-order valence-corrected chi connectivity index (χ2v) is 6.01. The van der Waals surface area contributed by atoms with E-state index in [2.05, 4.69) is 9.97 Å². The second-order valence-electron chi connectivity index (χ2n) is 6.01. The van der Waals surface area contributed by atoms with Crippen LogP contribution in [-0.2, 0) is 4.79 Å². The lowest BCUT2D eigenvalue weighted by molar-refractivity contribution is -0.136. The zero-order chi connectivity index (χ0) is 19.2. The van der Waals surface area contributed by atoms with Gasteiger partial charge in [-0.1, -0.05) is 18.2 Å². The van der Waals surface area contributed by atoms with Crippen LogP contribution in [0.1, 0.15) is 18.7 Å². The first-order chi connectivity index (χ1) is 13.1. The number of aromatic nitrogens is 2. The lowest BCUT2D eigenvalue weighted by Crippen LogP contribution is -2.13. The lowest BCUT2D eigenvalue weighted by Gasteiger charge is -2.20. The Morgan fingerprint density at radius 1 is 1.15 bits per heavy atom. The van der Waals surface area contributed by atoms with E-state index in [1.165, 1.54) is 0 Å². The molecule has 3 aromatic rings. The Bertz CT molecular complexity index is 968. The molecule has 0 aliphatic carbocycles. The van der Waals surface area contributed by atoms with E-state index in [-0.39, 0.29) is 6.42 Å². The summed E-state index contributed by atoms with van der Waals surface area (Å²) in [7, 11) is 3.59. The van der Waals surface area contributed by atoms with Gasteiger partial charge in [0.1, 0.15) is 11.6 Å². The number of hydrogen-bond acceptors (Lipinski definition) is 5. The SMILES string of the molecule is COc1ccc(N(C)c2nc(C=CCCC(=O)O)nc3ccccc23)cc1. The third-order valence-electron chi connectivity index (χ3n) is 4.17. The molecule has 0 radical (unpaired) electrons. The van der Waals surface area contributed by atoms with Gasteiger partial charge in [0.25, 0.3) is 0 Å². The number of hydrogen-bond donors (Lipinski definition) is 1. The van der Waals surface area contributed by atoms with Crippen molar-refractivity contribution in [3.8, 4) is 5.75 Å². The van der Waals surface area contributed by atoms with E-state index >= 15 is 0 Å². The summed E-state index contributed by atoms with van der Waals surface area (Å²) in [5.74, 6) is 1.30. The number of methoxy groups -OCH3 is 1. The molecule has 0 saturated heterocycles. The molecule has 0 aliphatic heterocycles. The van der Waals surface area contributed by atoms with Gasteiger partial charge in [0.15, 0.2) is 5.82 Å². The zero-order valence-electron chi connectivity index (χ0n) is 15.3. The van der Waals surface area contributed by atoms with E-state index in [1.54, 1.807) is 19.3 Å². The molecular formula is C21H21N3O3. The van der Waals surface area contributed by atoms with Crippen molar-refractivity contribution < 1.29 is 14.6 Å². The van der Waals surface area contributed by atoms with E-state index in [1.807, 2.05) is 60.5 Å². The largest absolute Gasteiger partial charge is 0.497 e. The highest BCUT2D eigenvalue weighted by atomic mass is 16.5. The van der Waals surface area contributed by atoms with Crippen LogP contribution in [0.25, 0.3) is 17.0 Å².